The lowest BCUT2D eigenvalue weighted by molar-refractivity contribution is 0.0702. The van der Waals surface area contributed by atoms with Gasteiger partial charge in [0.05, 0.1) is 0 Å². The predicted molar refractivity (Wildman–Crippen MR) is 75.8 cm³/mol. The summed E-state index contributed by atoms with van der Waals surface area (Å²) in [5.74, 6) is -0.862. The minimum Gasteiger partial charge on any atom is -0.477 e. The maximum absolute atomic E-state index is 10.9. The minimum atomic E-state index is -0.862. The summed E-state index contributed by atoms with van der Waals surface area (Å²) >= 11 is 1.32. The van der Waals surface area contributed by atoms with Crippen LogP contribution in [0.5, 0.6) is 0 Å². The number of thiophene rings is 1. The van der Waals surface area contributed by atoms with Gasteiger partial charge in [0.1, 0.15) is 4.88 Å². The fourth-order valence-electron chi connectivity index (χ4n) is 1.79. The lowest BCUT2D eigenvalue weighted by Gasteiger charge is -2.12. The molecule has 0 fully saturated rings. The highest BCUT2D eigenvalue weighted by Gasteiger charge is 2.12. The number of carbonyl (C=O) groups is 1. The average molecular weight is 261 g/mol. The molecule has 0 bridgehead atoms. The van der Waals surface area contributed by atoms with Crippen LogP contribution in [0.1, 0.15) is 15.2 Å². The molecule has 0 amide bonds. The Bertz CT molecular complexity index is 570. The second-order valence-electron chi connectivity index (χ2n) is 4.37. The third kappa shape index (κ3) is 2.38. The van der Waals surface area contributed by atoms with Crippen LogP contribution in [0.4, 0.5) is 5.69 Å². The van der Waals surface area contributed by atoms with Crippen LogP contribution < -0.4 is 4.90 Å². The zero-order valence-corrected chi connectivity index (χ0v) is 11.4. The van der Waals surface area contributed by atoms with E-state index in [1.54, 1.807) is 6.07 Å². The van der Waals surface area contributed by atoms with Crippen molar-refractivity contribution in [3.63, 3.8) is 0 Å². The van der Waals surface area contributed by atoms with Crippen LogP contribution in [0.25, 0.3) is 10.4 Å². The average Bonchev–Trinajstić information content (AvgIpc) is 2.71. The Morgan fingerprint density at radius 2 is 1.83 bits per heavy atom. The SMILES string of the molecule is Cc1cc(C(=O)O)sc1-c1ccc(N(C)C)cc1. The van der Waals surface area contributed by atoms with E-state index in [2.05, 4.69) is 0 Å². The summed E-state index contributed by atoms with van der Waals surface area (Å²) < 4.78 is 0. The molecule has 0 unspecified atom stereocenters. The molecule has 94 valence electrons. The van der Waals surface area contributed by atoms with Gasteiger partial charge in [0, 0.05) is 24.7 Å². The van der Waals surface area contributed by atoms with Crippen molar-refractivity contribution >= 4 is 23.0 Å². The van der Waals surface area contributed by atoms with E-state index in [4.69, 9.17) is 5.11 Å². The van der Waals surface area contributed by atoms with Crippen molar-refractivity contribution in [3.8, 4) is 10.4 Å². The summed E-state index contributed by atoms with van der Waals surface area (Å²) in [6.45, 7) is 1.94. The standard InChI is InChI=1S/C14H15NO2S/c1-9-8-12(14(16)17)18-13(9)10-4-6-11(7-5-10)15(2)3/h4-8H,1-3H3,(H,16,17). The Labute approximate surface area is 110 Å². The molecule has 1 N–H and O–H groups in total. The number of aromatic carboxylic acids is 1. The molecule has 0 aliphatic rings. The number of carboxylic acid groups (broad SMARTS) is 1. The van der Waals surface area contributed by atoms with Gasteiger partial charge in [-0.05, 0) is 36.2 Å². The van der Waals surface area contributed by atoms with E-state index in [-0.39, 0.29) is 0 Å². The normalized spacial score (nSPS) is 10.4. The zero-order chi connectivity index (χ0) is 13.3. The van der Waals surface area contributed by atoms with E-state index >= 15 is 0 Å². The number of hydrogen-bond acceptors (Lipinski definition) is 3. The molecule has 1 aromatic heterocycles. The minimum absolute atomic E-state index is 0.388. The first kappa shape index (κ1) is 12.6. The number of hydrogen-bond donors (Lipinski definition) is 1. The number of carboxylic acids is 1. The maximum Gasteiger partial charge on any atom is 0.345 e. The molecule has 0 aliphatic carbocycles. The highest BCUT2D eigenvalue weighted by atomic mass is 32.1. The zero-order valence-electron chi connectivity index (χ0n) is 10.6. The van der Waals surface area contributed by atoms with E-state index in [1.165, 1.54) is 11.3 Å². The smallest absolute Gasteiger partial charge is 0.345 e. The molecule has 1 aromatic carbocycles. The number of benzene rings is 1. The Balaban J connectivity index is 2.39. The number of aryl methyl sites for hydroxylation is 1. The molecular weight excluding hydrogens is 246 g/mol. The second kappa shape index (κ2) is 4.82. The van der Waals surface area contributed by atoms with Crippen LogP contribution in [0, 0.1) is 6.92 Å². The summed E-state index contributed by atoms with van der Waals surface area (Å²) in [6.07, 6.45) is 0. The van der Waals surface area contributed by atoms with E-state index in [1.807, 2.05) is 50.2 Å². The van der Waals surface area contributed by atoms with Crippen molar-refractivity contribution < 1.29 is 9.90 Å². The molecular formula is C14H15NO2S. The van der Waals surface area contributed by atoms with E-state index in [0.29, 0.717) is 4.88 Å². The molecule has 0 saturated carbocycles. The lowest BCUT2D eigenvalue weighted by atomic mass is 10.1. The predicted octanol–water partition coefficient (Wildman–Crippen LogP) is 3.49. The van der Waals surface area contributed by atoms with Crippen LogP contribution >= 0.6 is 11.3 Å². The summed E-state index contributed by atoms with van der Waals surface area (Å²) in [7, 11) is 3.99. The van der Waals surface area contributed by atoms with Crippen molar-refractivity contribution in [3.05, 3.63) is 40.8 Å². The Morgan fingerprint density at radius 1 is 1.22 bits per heavy atom. The Kier molecular flexibility index (Phi) is 3.39. The van der Waals surface area contributed by atoms with E-state index in [9.17, 15) is 4.79 Å². The Morgan fingerprint density at radius 3 is 2.28 bits per heavy atom. The molecule has 2 aromatic rings. The van der Waals surface area contributed by atoms with Gasteiger partial charge in [-0.3, -0.25) is 0 Å². The third-order valence-corrected chi connectivity index (χ3v) is 4.05. The number of rotatable bonds is 3. The van der Waals surface area contributed by atoms with Crippen LogP contribution in [-0.2, 0) is 0 Å². The van der Waals surface area contributed by atoms with Gasteiger partial charge in [0.15, 0.2) is 0 Å². The summed E-state index contributed by atoms with van der Waals surface area (Å²) in [6, 6.07) is 9.85. The molecule has 2 rings (SSSR count). The molecule has 0 radical (unpaired) electrons. The fourth-order valence-corrected chi connectivity index (χ4v) is 2.80. The largest absolute Gasteiger partial charge is 0.477 e. The van der Waals surface area contributed by atoms with Gasteiger partial charge in [0.2, 0.25) is 0 Å². The fraction of sp³-hybridized carbons (Fsp3) is 0.214. The quantitative estimate of drug-likeness (QED) is 0.919. The third-order valence-electron chi connectivity index (χ3n) is 2.77. The van der Waals surface area contributed by atoms with Gasteiger partial charge in [-0.2, -0.15) is 0 Å². The van der Waals surface area contributed by atoms with E-state index < -0.39 is 5.97 Å². The topological polar surface area (TPSA) is 40.5 Å². The maximum atomic E-state index is 10.9. The van der Waals surface area contributed by atoms with E-state index in [0.717, 1.165) is 21.7 Å². The van der Waals surface area contributed by atoms with Crippen LogP contribution in [0.2, 0.25) is 0 Å². The summed E-state index contributed by atoms with van der Waals surface area (Å²) in [4.78, 5) is 14.4. The molecule has 0 spiro atoms. The van der Waals surface area contributed by atoms with Crippen molar-refractivity contribution in [2.24, 2.45) is 0 Å². The summed E-state index contributed by atoms with van der Waals surface area (Å²) in [5.41, 5.74) is 3.21. The molecule has 4 heteroatoms. The highest BCUT2D eigenvalue weighted by molar-refractivity contribution is 7.17. The van der Waals surface area contributed by atoms with Crippen molar-refractivity contribution in [1.29, 1.82) is 0 Å². The van der Waals surface area contributed by atoms with Crippen molar-refractivity contribution in [1.82, 2.24) is 0 Å². The molecule has 1 heterocycles. The molecule has 0 aliphatic heterocycles. The van der Waals surface area contributed by atoms with Gasteiger partial charge in [0.25, 0.3) is 0 Å². The van der Waals surface area contributed by atoms with Gasteiger partial charge in [-0.1, -0.05) is 12.1 Å². The first-order chi connectivity index (χ1) is 8.49. The molecule has 18 heavy (non-hydrogen) atoms. The van der Waals surface area contributed by atoms with Crippen LogP contribution in [0.3, 0.4) is 0 Å². The number of anilines is 1. The van der Waals surface area contributed by atoms with Gasteiger partial charge in [-0.15, -0.1) is 11.3 Å². The van der Waals surface area contributed by atoms with Crippen molar-refractivity contribution in [2.45, 2.75) is 6.92 Å². The molecule has 0 atom stereocenters. The van der Waals surface area contributed by atoms with Crippen molar-refractivity contribution in [2.75, 3.05) is 19.0 Å². The summed E-state index contributed by atoms with van der Waals surface area (Å²) in [5, 5.41) is 8.99. The molecule has 0 saturated heterocycles. The number of nitrogens with zero attached hydrogens (tertiary/aromatic N) is 1. The lowest BCUT2D eigenvalue weighted by Crippen LogP contribution is -2.07. The first-order valence-corrected chi connectivity index (χ1v) is 6.42. The Hall–Kier alpha value is -1.81. The van der Waals surface area contributed by atoms with Gasteiger partial charge < -0.3 is 10.0 Å². The van der Waals surface area contributed by atoms with Gasteiger partial charge >= 0.3 is 5.97 Å². The highest BCUT2D eigenvalue weighted by Crippen LogP contribution is 2.33. The second-order valence-corrected chi connectivity index (χ2v) is 5.42. The molecule has 3 nitrogen and oxygen atoms in total. The first-order valence-electron chi connectivity index (χ1n) is 5.60. The van der Waals surface area contributed by atoms with Gasteiger partial charge in [-0.25, -0.2) is 4.79 Å². The van der Waals surface area contributed by atoms with Crippen LogP contribution in [-0.4, -0.2) is 25.2 Å². The van der Waals surface area contributed by atoms with Crippen LogP contribution in [0.15, 0.2) is 30.3 Å². The monoisotopic (exact) mass is 261 g/mol.